The van der Waals surface area contributed by atoms with Gasteiger partial charge in [-0.2, -0.15) is 4.98 Å². The van der Waals surface area contributed by atoms with Gasteiger partial charge in [0, 0.05) is 5.25 Å². The summed E-state index contributed by atoms with van der Waals surface area (Å²) in [4.78, 5) is 9.79. The minimum atomic E-state index is -1.16. The molecule has 0 aliphatic heterocycles. The average molecular weight is 555 g/mol. The average Bonchev–Trinajstić information content (AvgIpc) is 2.87. The third kappa shape index (κ3) is 6.86. The van der Waals surface area contributed by atoms with Crippen LogP contribution in [0, 0.1) is 12.8 Å². The van der Waals surface area contributed by atoms with E-state index in [1.54, 1.807) is 6.20 Å². The molecule has 2 aromatic carbocycles. The maximum Gasteiger partial charge on any atom is 0.229 e. The molecule has 1 saturated carbocycles. The number of ether oxygens (including phenoxy) is 1. The zero-order valence-electron chi connectivity index (χ0n) is 23.2. The third-order valence-corrected chi connectivity index (χ3v) is 8.88. The van der Waals surface area contributed by atoms with E-state index in [1.165, 1.54) is 36.8 Å². The molecule has 1 aromatic heterocycles. The van der Waals surface area contributed by atoms with Crippen LogP contribution in [0.5, 0.6) is 5.75 Å². The summed E-state index contributed by atoms with van der Waals surface area (Å²) in [6.45, 7) is 12.5. The standard InChI is InChI=1S/C30H39ClN4O2S/c1-18(2)37-27-16-23(22-13-11-20(5)12-14-22)21(6)15-26(27)34-30-32-17-24(31)29(35-30)33-25-9-7-8-10-28(25)38(36)19(3)4/h7-10,15-20,22H,11-14H2,1-6H3,(H2,32,33,34,35). The predicted octanol–water partition coefficient (Wildman–Crippen LogP) is 8.52. The molecule has 204 valence electrons. The number of nitrogens with one attached hydrogen (secondary N) is 2. The molecule has 3 aromatic rings. The predicted molar refractivity (Wildman–Crippen MR) is 159 cm³/mol. The van der Waals surface area contributed by atoms with Crippen molar-refractivity contribution in [2.75, 3.05) is 10.6 Å². The van der Waals surface area contributed by atoms with Gasteiger partial charge in [0.05, 0.1) is 39.4 Å². The van der Waals surface area contributed by atoms with Crippen LogP contribution < -0.4 is 15.4 Å². The van der Waals surface area contributed by atoms with Gasteiger partial charge in [0.2, 0.25) is 5.95 Å². The van der Waals surface area contributed by atoms with E-state index in [2.05, 4.69) is 46.6 Å². The number of para-hydroxylation sites is 1. The fourth-order valence-corrected chi connectivity index (χ4v) is 6.12. The second kappa shape index (κ2) is 12.5. The highest BCUT2D eigenvalue weighted by Crippen LogP contribution is 2.41. The molecule has 1 fully saturated rings. The number of rotatable bonds is 9. The van der Waals surface area contributed by atoms with Crippen LogP contribution in [-0.4, -0.2) is 25.5 Å². The fourth-order valence-electron chi connectivity index (χ4n) is 4.93. The van der Waals surface area contributed by atoms with E-state index in [0.717, 1.165) is 17.4 Å². The summed E-state index contributed by atoms with van der Waals surface area (Å²) < 4.78 is 19.1. The normalized spacial score (nSPS) is 18.4. The highest BCUT2D eigenvalue weighted by Gasteiger charge is 2.23. The van der Waals surface area contributed by atoms with Gasteiger partial charge in [-0.15, -0.1) is 0 Å². The Hall–Kier alpha value is -2.64. The first-order valence-electron chi connectivity index (χ1n) is 13.5. The number of halogens is 1. The molecule has 4 rings (SSSR count). The van der Waals surface area contributed by atoms with Gasteiger partial charge >= 0.3 is 0 Å². The van der Waals surface area contributed by atoms with Crippen molar-refractivity contribution >= 4 is 45.5 Å². The molecule has 1 aliphatic carbocycles. The molecule has 1 heterocycles. The first-order chi connectivity index (χ1) is 18.1. The molecule has 1 unspecified atom stereocenters. The molecule has 0 amide bonds. The topological polar surface area (TPSA) is 76.1 Å². The van der Waals surface area contributed by atoms with Crippen molar-refractivity contribution in [1.29, 1.82) is 0 Å². The number of hydrogen-bond acceptors (Lipinski definition) is 6. The summed E-state index contributed by atoms with van der Waals surface area (Å²) in [5.74, 6) is 3.00. The molecule has 1 atom stereocenters. The van der Waals surface area contributed by atoms with Crippen molar-refractivity contribution in [3.63, 3.8) is 0 Å². The second-order valence-electron chi connectivity index (χ2n) is 10.8. The molecule has 6 nitrogen and oxygen atoms in total. The molecule has 8 heteroatoms. The van der Waals surface area contributed by atoms with Crippen molar-refractivity contribution < 1.29 is 8.95 Å². The van der Waals surface area contributed by atoms with Gasteiger partial charge < -0.3 is 15.4 Å². The molecule has 38 heavy (non-hydrogen) atoms. The first kappa shape index (κ1) is 28.4. The number of benzene rings is 2. The van der Waals surface area contributed by atoms with Gasteiger partial charge in [0.25, 0.3) is 0 Å². The summed E-state index contributed by atoms with van der Waals surface area (Å²) in [5.41, 5.74) is 4.13. The van der Waals surface area contributed by atoms with Crippen LogP contribution in [0.4, 0.5) is 23.1 Å². The van der Waals surface area contributed by atoms with E-state index in [1.807, 2.05) is 52.0 Å². The Labute approximate surface area is 234 Å². The van der Waals surface area contributed by atoms with Crippen molar-refractivity contribution in [3.05, 3.63) is 58.7 Å². The van der Waals surface area contributed by atoms with Crippen LogP contribution >= 0.6 is 11.6 Å². The lowest BCUT2D eigenvalue weighted by Crippen LogP contribution is -2.14. The van der Waals surface area contributed by atoms with Gasteiger partial charge in [0.1, 0.15) is 10.8 Å². The zero-order valence-corrected chi connectivity index (χ0v) is 24.7. The zero-order chi connectivity index (χ0) is 27.4. The van der Waals surface area contributed by atoms with Gasteiger partial charge in [-0.1, -0.05) is 57.3 Å². The minimum absolute atomic E-state index is 0.0151. The second-order valence-corrected chi connectivity index (χ2v) is 13.2. The Kier molecular flexibility index (Phi) is 9.32. The summed E-state index contributed by atoms with van der Waals surface area (Å²) in [6, 6.07) is 11.8. The summed E-state index contributed by atoms with van der Waals surface area (Å²) in [5, 5.41) is 6.99. The number of hydrogen-bond donors (Lipinski definition) is 2. The Morgan fingerprint density at radius 3 is 2.42 bits per heavy atom. The fraction of sp³-hybridized carbons (Fsp3) is 0.467. The number of nitrogens with zero attached hydrogens (tertiary/aromatic N) is 2. The van der Waals surface area contributed by atoms with Gasteiger partial charge in [-0.05, 0) is 80.8 Å². The SMILES string of the molecule is Cc1cc(Nc2ncc(Cl)c(Nc3ccccc3S(=O)C(C)C)n2)c(OC(C)C)cc1C1CCC(C)CC1. The molecule has 0 radical (unpaired) electrons. The molecular formula is C30H39ClN4O2S. The number of aromatic nitrogens is 2. The smallest absolute Gasteiger partial charge is 0.229 e. The van der Waals surface area contributed by atoms with Crippen LogP contribution in [0.3, 0.4) is 0 Å². The maximum absolute atomic E-state index is 12.8. The van der Waals surface area contributed by atoms with E-state index in [9.17, 15) is 4.21 Å². The van der Waals surface area contributed by atoms with Crippen LogP contribution in [0.1, 0.15) is 77.3 Å². The van der Waals surface area contributed by atoms with Crippen molar-refractivity contribution in [2.24, 2.45) is 5.92 Å². The lowest BCUT2D eigenvalue weighted by atomic mass is 9.78. The summed E-state index contributed by atoms with van der Waals surface area (Å²) in [7, 11) is -1.16. The Bertz CT molecular complexity index is 1290. The molecular weight excluding hydrogens is 516 g/mol. The maximum atomic E-state index is 12.8. The van der Waals surface area contributed by atoms with Crippen LogP contribution in [0.25, 0.3) is 0 Å². The van der Waals surface area contributed by atoms with Crippen molar-refractivity contribution in [2.45, 2.75) is 89.4 Å². The van der Waals surface area contributed by atoms with Gasteiger partial charge in [-0.25, -0.2) is 4.98 Å². The minimum Gasteiger partial charge on any atom is -0.489 e. The van der Waals surface area contributed by atoms with E-state index in [4.69, 9.17) is 16.3 Å². The van der Waals surface area contributed by atoms with Crippen molar-refractivity contribution in [1.82, 2.24) is 9.97 Å². The van der Waals surface area contributed by atoms with E-state index in [-0.39, 0.29) is 11.4 Å². The van der Waals surface area contributed by atoms with Crippen LogP contribution in [0.2, 0.25) is 5.02 Å². The quantitative estimate of drug-likeness (QED) is 0.276. The molecule has 0 bridgehead atoms. The highest BCUT2D eigenvalue weighted by atomic mass is 35.5. The van der Waals surface area contributed by atoms with Crippen molar-refractivity contribution in [3.8, 4) is 5.75 Å². The molecule has 2 N–H and O–H groups in total. The number of anilines is 4. The van der Waals surface area contributed by atoms with Crippen LogP contribution in [0.15, 0.2) is 47.5 Å². The lowest BCUT2D eigenvalue weighted by Gasteiger charge is -2.28. The van der Waals surface area contributed by atoms with Crippen LogP contribution in [-0.2, 0) is 10.8 Å². The molecule has 0 spiro atoms. The third-order valence-electron chi connectivity index (χ3n) is 6.96. The van der Waals surface area contributed by atoms with E-state index >= 15 is 0 Å². The summed E-state index contributed by atoms with van der Waals surface area (Å²) in [6.07, 6.45) is 6.57. The molecule has 1 aliphatic rings. The Balaban J connectivity index is 1.63. The molecule has 0 saturated heterocycles. The Morgan fingerprint density at radius 1 is 1.03 bits per heavy atom. The largest absolute Gasteiger partial charge is 0.489 e. The number of aryl methyl sites for hydroxylation is 1. The monoisotopic (exact) mass is 554 g/mol. The van der Waals surface area contributed by atoms with Gasteiger partial charge in [-0.3, -0.25) is 4.21 Å². The highest BCUT2D eigenvalue weighted by molar-refractivity contribution is 7.85. The Morgan fingerprint density at radius 2 is 1.74 bits per heavy atom. The summed E-state index contributed by atoms with van der Waals surface area (Å²) >= 11 is 6.47. The first-order valence-corrected chi connectivity index (χ1v) is 15.1. The van der Waals surface area contributed by atoms with E-state index in [0.29, 0.717) is 33.3 Å². The lowest BCUT2D eigenvalue weighted by molar-refractivity contribution is 0.243. The van der Waals surface area contributed by atoms with Gasteiger partial charge in [0.15, 0.2) is 5.82 Å². The van der Waals surface area contributed by atoms with E-state index < -0.39 is 10.8 Å².